The summed E-state index contributed by atoms with van der Waals surface area (Å²) in [7, 11) is 0. The maximum absolute atomic E-state index is 3.41. The summed E-state index contributed by atoms with van der Waals surface area (Å²) in [4.78, 5) is 0. The largest absolute Gasteiger partial charge is 0.315 e. The molecule has 0 aromatic carbocycles. The van der Waals surface area contributed by atoms with Crippen LogP contribution >= 0.6 is 0 Å². The summed E-state index contributed by atoms with van der Waals surface area (Å²) in [5.74, 6) is 0. The highest BCUT2D eigenvalue weighted by atomic mass is 15.0. The van der Waals surface area contributed by atoms with Gasteiger partial charge in [0.1, 0.15) is 0 Å². The molecule has 0 atom stereocenters. The van der Waals surface area contributed by atoms with E-state index in [2.05, 4.69) is 29.8 Å². The number of unbranched alkanes of at least 4 members (excludes halogenated alkanes) is 2. The predicted molar refractivity (Wildman–Crippen MR) is 68.4 cm³/mol. The maximum Gasteiger partial charge on any atom is 0.00772 e. The van der Waals surface area contributed by atoms with Gasteiger partial charge in [-0.2, -0.15) is 0 Å². The molecule has 0 amide bonds. The second kappa shape index (κ2) is 13.9. The Morgan fingerprint density at radius 3 is 1.20 bits per heavy atom. The SMILES string of the molecule is CCCCNCCNCCNCCCC. The van der Waals surface area contributed by atoms with Crippen molar-refractivity contribution in [1.29, 1.82) is 0 Å². The molecule has 0 unspecified atom stereocenters. The van der Waals surface area contributed by atoms with Gasteiger partial charge in [0.2, 0.25) is 0 Å². The second-order valence-electron chi connectivity index (χ2n) is 3.96. The number of nitrogens with one attached hydrogen (secondary N) is 3. The lowest BCUT2D eigenvalue weighted by molar-refractivity contribution is 0.565. The average Bonchev–Trinajstić information content (AvgIpc) is 2.26. The molecule has 0 saturated heterocycles. The van der Waals surface area contributed by atoms with Crippen LogP contribution in [0.4, 0.5) is 0 Å². The molecular weight excluding hydrogens is 186 g/mol. The van der Waals surface area contributed by atoms with Crippen molar-refractivity contribution in [3.8, 4) is 0 Å². The Labute approximate surface area is 95.4 Å². The first-order valence-electron chi connectivity index (χ1n) is 6.54. The van der Waals surface area contributed by atoms with Gasteiger partial charge in [0.25, 0.3) is 0 Å². The summed E-state index contributed by atoms with van der Waals surface area (Å²) >= 11 is 0. The van der Waals surface area contributed by atoms with Crippen LogP contribution in [0.5, 0.6) is 0 Å². The first kappa shape index (κ1) is 14.9. The van der Waals surface area contributed by atoms with E-state index in [9.17, 15) is 0 Å². The molecule has 15 heavy (non-hydrogen) atoms. The van der Waals surface area contributed by atoms with Crippen molar-refractivity contribution in [3.63, 3.8) is 0 Å². The Bertz CT molecular complexity index is 95.0. The van der Waals surface area contributed by atoms with Crippen LogP contribution in [0.2, 0.25) is 0 Å². The van der Waals surface area contributed by atoms with Crippen LogP contribution < -0.4 is 16.0 Å². The molecule has 3 nitrogen and oxygen atoms in total. The zero-order valence-electron chi connectivity index (χ0n) is 10.6. The fourth-order valence-corrected chi connectivity index (χ4v) is 1.33. The molecule has 0 radical (unpaired) electrons. The van der Waals surface area contributed by atoms with Crippen molar-refractivity contribution in [2.45, 2.75) is 39.5 Å². The number of hydrogen-bond donors (Lipinski definition) is 3. The topological polar surface area (TPSA) is 36.1 Å². The van der Waals surface area contributed by atoms with Gasteiger partial charge >= 0.3 is 0 Å². The molecule has 0 bridgehead atoms. The van der Waals surface area contributed by atoms with E-state index in [4.69, 9.17) is 0 Å². The van der Waals surface area contributed by atoms with Gasteiger partial charge in [-0.3, -0.25) is 0 Å². The smallest absolute Gasteiger partial charge is 0.00772 e. The van der Waals surface area contributed by atoms with Crippen LogP contribution in [0.25, 0.3) is 0 Å². The number of hydrogen-bond acceptors (Lipinski definition) is 3. The lowest BCUT2D eigenvalue weighted by Gasteiger charge is -2.07. The minimum absolute atomic E-state index is 1.08. The molecular formula is C12H29N3. The average molecular weight is 215 g/mol. The van der Waals surface area contributed by atoms with Gasteiger partial charge in [0, 0.05) is 26.2 Å². The van der Waals surface area contributed by atoms with Crippen LogP contribution in [0.1, 0.15) is 39.5 Å². The van der Waals surface area contributed by atoms with Crippen LogP contribution in [0.15, 0.2) is 0 Å². The highest BCUT2D eigenvalue weighted by Gasteiger charge is 1.88. The minimum atomic E-state index is 1.08. The monoisotopic (exact) mass is 215 g/mol. The highest BCUT2D eigenvalue weighted by molar-refractivity contribution is 4.54. The lowest BCUT2D eigenvalue weighted by atomic mass is 10.3. The molecule has 0 heterocycles. The van der Waals surface area contributed by atoms with E-state index in [1.807, 2.05) is 0 Å². The summed E-state index contributed by atoms with van der Waals surface area (Å²) in [5, 5.41) is 10.2. The van der Waals surface area contributed by atoms with Crippen LogP contribution in [0, 0.1) is 0 Å². The van der Waals surface area contributed by atoms with Gasteiger partial charge in [0.05, 0.1) is 0 Å². The van der Waals surface area contributed by atoms with E-state index < -0.39 is 0 Å². The Balaban J connectivity index is 2.81. The molecule has 3 heteroatoms. The van der Waals surface area contributed by atoms with E-state index in [0.717, 1.165) is 39.3 Å². The first-order valence-corrected chi connectivity index (χ1v) is 6.54. The van der Waals surface area contributed by atoms with Gasteiger partial charge in [-0.1, -0.05) is 26.7 Å². The van der Waals surface area contributed by atoms with Gasteiger partial charge < -0.3 is 16.0 Å². The van der Waals surface area contributed by atoms with Crippen molar-refractivity contribution in [2.75, 3.05) is 39.3 Å². The van der Waals surface area contributed by atoms with E-state index in [1.54, 1.807) is 0 Å². The maximum atomic E-state index is 3.41. The van der Waals surface area contributed by atoms with Crippen molar-refractivity contribution < 1.29 is 0 Å². The third kappa shape index (κ3) is 13.9. The zero-order chi connectivity index (χ0) is 11.2. The molecule has 0 aliphatic rings. The standard InChI is InChI=1S/C12H29N3/c1-3-5-7-13-9-11-15-12-10-14-8-6-4-2/h13-15H,3-12H2,1-2H3. The van der Waals surface area contributed by atoms with Crippen molar-refractivity contribution in [1.82, 2.24) is 16.0 Å². The second-order valence-corrected chi connectivity index (χ2v) is 3.96. The van der Waals surface area contributed by atoms with Crippen molar-refractivity contribution in [3.05, 3.63) is 0 Å². The summed E-state index contributed by atoms with van der Waals surface area (Å²) in [6.07, 6.45) is 5.14. The normalized spacial score (nSPS) is 10.8. The fraction of sp³-hybridized carbons (Fsp3) is 1.00. The summed E-state index contributed by atoms with van der Waals surface area (Å²) < 4.78 is 0. The van der Waals surface area contributed by atoms with Gasteiger partial charge in [0.15, 0.2) is 0 Å². The van der Waals surface area contributed by atoms with Crippen LogP contribution in [-0.4, -0.2) is 39.3 Å². The first-order chi connectivity index (χ1) is 7.41. The molecule has 3 N–H and O–H groups in total. The molecule has 0 aliphatic carbocycles. The zero-order valence-corrected chi connectivity index (χ0v) is 10.6. The molecule has 92 valence electrons. The van der Waals surface area contributed by atoms with Crippen molar-refractivity contribution in [2.24, 2.45) is 0 Å². The molecule has 0 spiro atoms. The van der Waals surface area contributed by atoms with E-state index in [0.29, 0.717) is 0 Å². The minimum Gasteiger partial charge on any atom is -0.315 e. The van der Waals surface area contributed by atoms with Crippen LogP contribution in [0.3, 0.4) is 0 Å². The van der Waals surface area contributed by atoms with Gasteiger partial charge in [-0.25, -0.2) is 0 Å². The van der Waals surface area contributed by atoms with Crippen molar-refractivity contribution >= 4 is 0 Å². The summed E-state index contributed by atoms with van der Waals surface area (Å²) in [6, 6.07) is 0. The lowest BCUT2D eigenvalue weighted by Crippen LogP contribution is -2.33. The molecule has 0 saturated carbocycles. The Kier molecular flexibility index (Phi) is 13.8. The molecule has 0 aromatic heterocycles. The molecule has 0 aliphatic heterocycles. The Hall–Kier alpha value is -0.120. The molecule has 0 fully saturated rings. The van der Waals surface area contributed by atoms with E-state index >= 15 is 0 Å². The van der Waals surface area contributed by atoms with E-state index in [1.165, 1.54) is 25.7 Å². The fourth-order valence-electron chi connectivity index (χ4n) is 1.33. The Morgan fingerprint density at radius 1 is 0.533 bits per heavy atom. The summed E-state index contributed by atoms with van der Waals surface area (Å²) in [6.45, 7) is 11.1. The molecule has 0 rings (SSSR count). The van der Waals surface area contributed by atoms with Gasteiger partial charge in [-0.15, -0.1) is 0 Å². The third-order valence-electron chi connectivity index (χ3n) is 2.37. The predicted octanol–water partition coefficient (Wildman–Crippen LogP) is 1.36. The Morgan fingerprint density at radius 2 is 0.867 bits per heavy atom. The molecule has 0 aromatic rings. The van der Waals surface area contributed by atoms with Crippen LogP contribution in [-0.2, 0) is 0 Å². The quantitative estimate of drug-likeness (QED) is 0.430. The van der Waals surface area contributed by atoms with Gasteiger partial charge in [-0.05, 0) is 25.9 Å². The number of rotatable bonds is 12. The third-order valence-corrected chi connectivity index (χ3v) is 2.37. The highest BCUT2D eigenvalue weighted by Crippen LogP contribution is 1.81. The van der Waals surface area contributed by atoms with E-state index in [-0.39, 0.29) is 0 Å². The summed E-state index contributed by atoms with van der Waals surface area (Å²) in [5.41, 5.74) is 0.